The minimum atomic E-state index is -0.332. The molecule has 0 saturated carbocycles. The van der Waals surface area contributed by atoms with Gasteiger partial charge in [0, 0.05) is 11.3 Å². The maximum Gasteiger partial charge on any atom is 0.226 e. The van der Waals surface area contributed by atoms with Gasteiger partial charge in [0.05, 0.1) is 0 Å². The number of anilines is 1. The predicted octanol–water partition coefficient (Wildman–Crippen LogP) is 3.74. The average molecular weight is 360 g/mol. The van der Waals surface area contributed by atoms with Crippen LogP contribution in [0.5, 0.6) is 5.75 Å². The number of aromatic nitrogens is 3. The summed E-state index contributed by atoms with van der Waals surface area (Å²) < 4.78 is 7.69. The van der Waals surface area contributed by atoms with E-state index in [0.717, 1.165) is 22.6 Å². The van der Waals surface area contributed by atoms with Gasteiger partial charge in [0.15, 0.2) is 5.78 Å². The van der Waals surface area contributed by atoms with Gasteiger partial charge in [0.1, 0.15) is 24.7 Å². The summed E-state index contributed by atoms with van der Waals surface area (Å²) in [6.07, 6.45) is 1.49. The summed E-state index contributed by atoms with van der Waals surface area (Å²) in [6, 6.07) is 17.5. The van der Waals surface area contributed by atoms with Crippen LogP contribution in [0.2, 0.25) is 0 Å². The molecule has 4 rings (SSSR count). The molecule has 1 aliphatic rings. The van der Waals surface area contributed by atoms with E-state index in [-0.39, 0.29) is 11.8 Å². The summed E-state index contributed by atoms with van der Waals surface area (Å²) in [5.41, 5.74) is 3.50. The molecule has 1 aromatic heterocycles. The quantitative estimate of drug-likeness (QED) is 0.751. The number of nitrogens with zero attached hydrogens (tertiary/aromatic N) is 3. The van der Waals surface area contributed by atoms with Crippen molar-refractivity contribution in [3.8, 4) is 5.75 Å². The zero-order valence-electron chi connectivity index (χ0n) is 15.2. The third-order valence-electron chi connectivity index (χ3n) is 4.60. The SMILES string of the molecule is CC(=O)C1=C(C)Nc2ncnn2[C@@H]1c1cccc(OCc2ccccc2)c1. The van der Waals surface area contributed by atoms with Gasteiger partial charge in [0.2, 0.25) is 5.95 Å². The summed E-state index contributed by atoms with van der Waals surface area (Å²) in [4.78, 5) is 16.6. The highest BCUT2D eigenvalue weighted by Gasteiger charge is 2.31. The Morgan fingerprint density at radius 3 is 2.78 bits per heavy atom. The molecule has 136 valence electrons. The van der Waals surface area contributed by atoms with Crippen molar-refractivity contribution in [2.75, 3.05) is 5.32 Å². The number of carbonyl (C=O) groups is 1. The molecule has 1 N–H and O–H groups in total. The number of ketones is 1. The molecule has 27 heavy (non-hydrogen) atoms. The molecule has 0 amide bonds. The molecule has 0 radical (unpaired) electrons. The lowest BCUT2D eigenvalue weighted by Gasteiger charge is -2.28. The van der Waals surface area contributed by atoms with E-state index in [1.165, 1.54) is 6.33 Å². The molecule has 0 aliphatic carbocycles. The molecule has 0 spiro atoms. The number of hydrogen-bond acceptors (Lipinski definition) is 5. The Balaban J connectivity index is 1.67. The van der Waals surface area contributed by atoms with Gasteiger partial charge in [-0.1, -0.05) is 42.5 Å². The van der Waals surface area contributed by atoms with E-state index in [1.807, 2.05) is 61.5 Å². The molecule has 2 aromatic carbocycles. The largest absolute Gasteiger partial charge is 0.489 e. The second-order valence-electron chi connectivity index (χ2n) is 6.50. The van der Waals surface area contributed by atoms with Gasteiger partial charge in [-0.25, -0.2) is 4.68 Å². The summed E-state index contributed by atoms with van der Waals surface area (Å²) >= 11 is 0. The fraction of sp³-hybridized carbons (Fsp3) is 0.190. The minimum Gasteiger partial charge on any atom is -0.489 e. The van der Waals surface area contributed by atoms with Gasteiger partial charge in [0.25, 0.3) is 0 Å². The van der Waals surface area contributed by atoms with Crippen molar-refractivity contribution < 1.29 is 9.53 Å². The predicted molar refractivity (Wildman–Crippen MR) is 102 cm³/mol. The van der Waals surface area contributed by atoms with Crippen LogP contribution in [0.1, 0.15) is 31.0 Å². The van der Waals surface area contributed by atoms with Gasteiger partial charge < -0.3 is 10.1 Å². The van der Waals surface area contributed by atoms with Crippen LogP contribution in [-0.2, 0) is 11.4 Å². The van der Waals surface area contributed by atoms with Crippen LogP contribution < -0.4 is 10.1 Å². The maximum absolute atomic E-state index is 12.3. The molecule has 0 bridgehead atoms. The number of fused-ring (bicyclic) bond motifs is 1. The van der Waals surface area contributed by atoms with Crippen LogP contribution in [0, 0.1) is 0 Å². The van der Waals surface area contributed by atoms with Gasteiger partial charge in [-0.3, -0.25) is 4.79 Å². The second-order valence-corrected chi connectivity index (χ2v) is 6.50. The highest BCUT2D eigenvalue weighted by atomic mass is 16.5. The zero-order valence-corrected chi connectivity index (χ0v) is 15.2. The van der Waals surface area contributed by atoms with Crippen LogP contribution in [0.25, 0.3) is 0 Å². The molecular formula is C21H20N4O2. The maximum atomic E-state index is 12.3. The van der Waals surface area contributed by atoms with Crippen molar-refractivity contribution in [2.45, 2.75) is 26.5 Å². The van der Waals surface area contributed by atoms with Crippen LogP contribution >= 0.6 is 0 Å². The van der Waals surface area contributed by atoms with Crippen LogP contribution in [0.3, 0.4) is 0 Å². The second kappa shape index (κ2) is 7.07. The highest BCUT2D eigenvalue weighted by molar-refractivity contribution is 5.96. The average Bonchev–Trinajstić information content (AvgIpc) is 3.14. The number of allylic oxidation sites excluding steroid dienone is 2. The number of Topliss-reactive ketones (excluding diaryl/α,β-unsaturated/α-hetero) is 1. The van der Waals surface area contributed by atoms with Crippen molar-refractivity contribution in [3.63, 3.8) is 0 Å². The van der Waals surface area contributed by atoms with Gasteiger partial charge in [-0.05, 0) is 37.1 Å². The number of rotatable bonds is 5. The third-order valence-corrected chi connectivity index (χ3v) is 4.60. The fourth-order valence-electron chi connectivity index (χ4n) is 3.37. The first-order chi connectivity index (χ1) is 13.1. The summed E-state index contributed by atoms with van der Waals surface area (Å²) in [5, 5.41) is 7.47. The normalized spacial score (nSPS) is 15.9. The molecule has 1 aliphatic heterocycles. The zero-order chi connectivity index (χ0) is 18.8. The van der Waals surface area contributed by atoms with E-state index in [4.69, 9.17) is 4.74 Å². The smallest absolute Gasteiger partial charge is 0.226 e. The lowest BCUT2D eigenvalue weighted by atomic mass is 9.93. The van der Waals surface area contributed by atoms with E-state index in [9.17, 15) is 4.79 Å². The number of carbonyl (C=O) groups excluding carboxylic acids is 1. The van der Waals surface area contributed by atoms with Gasteiger partial charge >= 0.3 is 0 Å². The van der Waals surface area contributed by atoms with E-state index in [2.05, 4.69) is 15.4 Å². The number of ether oxygens (including phenoxy) is 1. The Morgan fingerprint density at radius 2 is 2.00 bits per heavy atom. The van der Waals surface area contributed by atoms with E-state index in [0.29, 0.717) is 18.1 Å². The Hall–Kier alpha value is -3.41. The number of nitrogens with one attached hydrogen (secondary N) is 1. The lowest BCUT2D eigenvalue weighted by Crippen LogP contribution is -2.27. The Morgan fingerprint density at radius 1 is 1.19 bits per heavy atom. The molecule has 0 fully saturated rings. The Kier molecular flexibility index (Phi) is 4.46. The van der Waals surface area contributed by atoms with Gasteiger partial charge in [-0.15, -0.1) is 0 Å². The Bertz CT molecular complexity index is 1010. The minimum absolute atomic E-state index is 0.00163. The summed E-state index contributed by atoms with van der Waals surface area (Å²) in [5.74, 6) is 1.37. The van der Waals surface area contributed by atoms with Crippen molar-refractivity contribution in [3.05, 3.63) is 83.3 Å². The monoisotopic (exact) mass is 360 g/mol. The lowest BCUT2D eigenvalue weighted by molar-refractivity contribution is -0.114. The van der Waals surface area contributed by atoms with Gasteiger partial charge in [-0.2, -0.15) is 10.1 Å². The summed E-state index contributed by atoms with van der Waals surface area (Å²) in [6.45, 7) is 3.95. The molecular weight excluding hydrogens is 340 g/mol. The van der Waals surface area contributed by atoms with E-state index >= 15 is 0 Å². The van der Waals surface area contributed by atoms with Crippen molar-refractivity contribution >= 4 is 11.7 Å². The first-order valence-electron chi connectivity index (χ1n) is 8.78. The first kappa shape index (κ1) is 17.0. The number of hydrogen-bond donors (Lipinski definition) is 1. The van der Waals surface area contributed by atoms with Crippen LogP contribution in [-0.4, -0.2) is 20.5 Å². The fourth-order valence-corrected chi connectivity index (χ4v) is 3.37. The molecule has 2 heterocycles. The van der Waals surface area contributed by atoms with E-state index in [1.54, 1.807) is 11.6 Å². The molecule has 1 atom stereocenters. The highest BCUT2D eigenvalue weighted by Crippen LogP contribution is 2.36. The molecule has 0 unspecified atom stereocenters. The topological polar surface area (TPSA) is 69.0 Å². The van der Waals surface area contributed by atoms with Crippen molar-refractivity contribution in [1.29, 1.82) is 0 Å². The molecule has 6 nitrogen and oxygen atoms in total. The van der Waals surface area contributed by atoms with Crippen LogP contribution in [0.15, 0.2) is 72.2 Å². The standard InChI is InChI=1S/C21H20N4O2/c1-14-19(15(2)26)20(25-21(24-14)22-13-23-25)17-9-6-10-18(11-17)27-12-16-7-4-3-5-8-16/h3-11,13,20H,12H2,1-2H3,(H,22,23,24)/t20-/m1/s1. The summed E-state index contributed by atoms with van der Waals surface area (Å²) in [7, 11) is 0. The van der Waals surface area contributed by atoms with Crippen molar-refractivity contribution in [1.82, 2.24) is 14.8 Å². The van der Waals surface area contributed by atoms with E-state index < -0.39 is 0 Å². The molecule has 3 aromatic rings. The number of benzene rings is 2. The first-order valence-corrected chi connectivity index (χ1v) is 8.78. The Labute approximate surface area is 157 Å². The third kappa shape index (κ3) is 3.33. The van der Waals surface area contributed by atoms with Crippen LogP contribution in [0.4, 0.5) is 5.95 Å². The molecule has 6 heteroatoms. The van der Waals surface area contributed by atoms with Crippen molar-refractivity contribution in [2.24, 2.45) is 0 Å². The molecule has 0 saturated heterocycles.